The normalized spacial score (nSPS) is 20.0. The van der Waals surface area contributed by atoms with Crippen molar-refractivity contribution in [2.45, 2.75) is 25.5 Å². The fourth-order valence-corrected chi connectivity index (χ4v) is 3.57. The number of allylic oxidation sites excluding steroid dienone is 1. The van der Waals surface area contributed by atoms with E-state index in [2.05, 4.69) is 25.4 Å². The number of Topliss-reactive ketones (excluding diaryl/α,β-unsaturated/α-hetero) is 1. The molecule has 0 radical (unpaired) electrons. The maximum atomic E-state index is 12.4. The molecule has 0 atom stereocenters. The van der Waals surface area contributed by atoms with Gasteiger partial charge in [0.15, 0.2) is 0 Å². The molecular formula is C18H31B2N3O5S. The first-order valence-corrected chi connectivity index (χ1v) is 10.6. The van der Waals surface area contributed by atoms with Gasteiger partial charge in [0.2, 0.25) is 11.6 Å². The molecule has 0 saturated carbocycles. The first-order chi connectivity index (χ1) is 13.2. The van der Waals surface area contributed by atoms with Gasteiger partial charge in [0.25, 0.3) is 0 Å². The van der Waals surface area contributed by atoms with Gasteiger partial charge in [-0.15, -0.1) is 0 Å². The van der Waals surface area contributed by atoms with Crippen molar-refractivity contribution in [3.8, 4) is 0 Å². The molecule has 8 nitrogen and oxygen atoms in total. The van der Waals surface area contributed by atoms with Crippen LogP contribution in [0.2, 0.25) is 0 Å². The largest absolute Gasteiger partial charge is 0.633 e. The standard InChI is InChI=1S/C12H13N3O2.C6H15BO3S.BH3/c16-9-7-8(13-1-2-13)12(17)11(15-5-6-15)10(9)14-3-4-14;1-6(2,3)11-5-4-10-7(8)9;/h7H,1-6H2;8-9H,4-5H2,1-3H3;1H3. The van der Waals surface area contributed by atoms with Crippen LogP contribution >= 0.6 is 11.8 Å². The molecule has 4 rings (SSSR count). The van der Waals surface area contributed by atoms with Gasteiger partial charge in [0, 0.05) is 62.5 Å². The van der Waals surface area contributed by atoms with Crippen LogP contribution < -0.4 is 0 Å². The average molecular weight is 423 g/mol. The zero-order valence-electron chi connectivity index (χ0n) is 16.7. The molecule has 3 saturated heterocycles. The van der Waals surface area contributed by atoms with Crippen LogP contribution in [0.3, 0.4) is 0 Å². The number of thioether (sulfide) groups is 1. The number of carbonyl (C=O) groups is 2. The first kappa shape index (κ1) is 23.9. The van der Waals surface area contributed by atoms with E-state index in [1.807, 2.05) is 14.7 Å². The molecule has 0 bridgehead atoms. The Bertz CT molecular complexity index is 696. The summed E-state index contributed by atoms with van der Waals surface area (Å²) in [5.74, 6) is 0.827. The fraction of sp³-hybridized carbons (Fsp3) is 0.667. The van der Waals surface area contributed by atoms with Crippen molar-refractivity contribution in [3.63, 3.8) is 0 Å². The van der Waals surface area contributed by atoms with E-state index in [4.69, 9.17) is 10.0 Å². The van der Waals surface area contributed by atoms with Crippen molar-refractivity contribution < 1.29 is 24.3 Å². The molecule has 0 aromatic heterocycles. The van der Waals surface area contributed by atoms with Crippen LogP contribution in [0.15, 0.2) is 23.2 Å². The van der Waals surface area contributed by atoms with Crippen molar-refractivity contribution in [1.82, 2.24) is 14.7 Å². The van der Waals surface area contributed by atoms with E-state index in [9.17, 15) is 9.59 Å². The minimum Gasteiger partial charge on any atom is -0.402 e. The molecule has 160 valence electrons. The van der Waals surface area contributed by atoms with E-state index in [-0.39, 0.29) is 24.7 Å². The highest BCUT2D eigenvalue weighted by Crippen LogP contribution is 2.33. The molecule has 3 heterocycles. The molecule has 2 N–H and O–H groups in total. The molecule has 4 aliphatic rings. The van der Waals surface area contributed by atoms with Gasteiger partial charge in [-0.05, 0) is 0 Å². The van der Waals surface area contributed by atoms with Crippen molar-refractivity contribution >= 4 is 39.1 Å². The molecule has 0 spiro atoms. The fourth-order valence-electron chi connectivity index (χ4n) is 2.78. The van der Waals surface area contributed by atoms with Gasteiger partial charge in [-0.1, -0.05) is 20.8 Å². The number of hydrogen-bond acceptors (Lipinski definition) is 9. The smallest absolute Gasteiger partial charge is 0.402 e. The number of rotatable bonds is 7. The van der Waals surface area contributed by atoms with Crippen molar-refractivity contribution in [2.24, 2.45) is 0 Å². The first-order valence-electron chi connectivity index (χ1n) is 9.59. The highest BCUT2D eigenvalue weighted by atomic mass is 32.2. The van der Waals surface area contributed by atoms with Crippen molar-refractivity contribution in [1.29, 1.82) is 0 Å². The zero-order valence-corrected chi connectivity index (χ0v) is 17.5. The summed E-state index contributed by atoms with van der Waals surface area (Å²) in [5.41, 5.74) is 1.89. The lowest BCUT2D eigenvalue weighted by molar-refractivity contribution is -0.117. The SMILES string of the molecule is B.CC(C)(C)SCCOB(O)O.O=C1C=C(N2CC2)C(=O)C(N2CC2)=C1N1CC1. The summed E-state index contributed by atoms with van der Waals surface area (Å²) in [6.07, 6.45) is 1.52. The Hall–Kier alpha value is -1.42. The summed E-state index contributed by atoms with van der Waals surface area (Å²) in [4.78, 5) is 30.5. The lowest BCUT2D eigenvalue weighted by Gasteiger charge is -2.21. The Morgan fingerprint density at radius 2 is 1.52 bits per heavy atom. The molecule has 3 fully saturated rings. The third kappa shape index (κ3) is 7.09. The number of ketones is 2. The van der Waals surface area contributed by atoms with Gasteiger partial charge in [-0.3, -0.25) is 9.59 Å². The summed E-state index contributed by atoms with van der Waals surface area (Å²) in [7, 11) is -1.63. The molecule has 11 heteroatoms. The summed E-state index contributed by atoms with van der Waals surface area (Å²) in [5, 5.41) is 16.6. The molecule has 29 heavy (non-hydrogen) atoms. The van der Waals surface area contributed by atoms with Crippen LogP contribution in [0.5, 0.6) is 0 Å². The van der Waals surface area contributed by atoms with E-state index in [0.29, 0.717) is 23.7 Å². The van der Waals surface area contributed by atoms with E-state index in [1.54, 1.807) is 11.8 Å². The van der Waals surface area contributed by atoms with Gasteiger partial charge in [0.1, 0.15) is 11.4 Å². The summed E-state index contributed by atoms with van der Waals surface area (Å²) >= 11 is 1.73. The molecule has 0 unspecified atom stereocenters. The van der Waals surface area contributed by atoms with Gasteiger partial charge in [-0.2, -0.15) is 11.8 Å². The number of carbonyl (C=O) groups excluding carboxylic acids is 2. The van der Waals surface area contributed by atoms with Crippen LogP contribution in [-0.4, -0.2) is 108 Å². The Morgan fingerprint density at radius 3 is 1.97 bits per heavy atom. The van der Waals surface area contributed by atoms with Gasteiger partial charge in [0.05, 0.1) is 14.1 Å². The van der Waals surface area contributed by atoms with E-state index >= 15 is 0 Å². The predicted octanol–water partition coefficient (Wildman–Crippen LogP) is -1.50. The van der Waals surface area contributed by atoms with Crippen LogP contribution in [0, 0.1) is 0 Å². The molecule has 1 aliphatic carbocycles. The second-order valence-corrected chi connectivity index (χ2v) is 9.96. The second kappa shape index (κ2) is 9.59. The summed E-state index contributed by atoms with van der Waals surface area (Å²) in [6, 6.07) is 0. The molecule has 3 aliphatic heterocycles. The number of nitrogens with zero attached hydrogens (tertiary/aromatic N) is 3. The van der Waals surface area contributed by atoms with Crippen molar-refractivity contribution in [3.05, 3.63) is 23.2 Å². The Balaban J connectivity index is 0.000000222. The third-order valence-corrected chi connectivity index (χ3v) is 5.61. The van der Waals surface area contributed by atoms with Gasteiger partial charge in [-0.25, -0.2) is 0 Å². The van der Waals surface area contributed by atoms with E-state index < -0.39 is 7.32 Å². The summed E-state index contributed by atoms with van der Waals surface area (Å²) < 4.78 is 4.74. The zero-order chi connectivity index (χ0) is 20.5. The second-order valence-electron chi connectivity index (χ2n) is 8.04. The van der Waals surface area contributed by atoms with Crippen LogP contribution in [0.25, 0.3) is 0 Å². The monoisotopic (exact) mass is 423 g/mol. The number of hydrogen-bond donors (Lipinski definition) is 2. The Morgan fingerprint density at radius 1 is 1.00 bits per heavy atom. The van der Waals surface area contributed by atoms with Gasteiger partial charge < -0.3 is 29.4 Å². The highest BCUT2D eigenvalue weighted by molar-refractivity contribution is 8.00. The molecule has 0 aromatic carbocycles. The summed E-state index contributed by atoms with van der Waals surface area (Å²) in [6.45, 7) is 12.1. The quantitative estimate of drug-likeness (QED) is 0.220. The van der Waals surface area contributed by atoms with E-state index in [0.717, 1.165) is 45.0 Å². The maximum absolute atomic E-state index is 12.4. The lowest BCUT2D eigenvalue weighted by Crippen LogP contribution is -2.29. The van der Waals surface area contributed by atoms with Crippen LogP contribution in [-0.2, 0) is 14.2 Å². The van der Waals surface area contributed by atoms with E-state index in [1.165, 1.54) is 6.08 Å². The van der Waals surface area contributed by atoms with Crippen molar-refractivity contribution in [2.75, 3.05) is 51.6 Å². The topological polar surface area (TPSA) is 92.9 Å². The minimum atomic E-state index is -1.63. The van der Waals surface area contributed by atoms with Gasteiger partial charge >= 0.3 is 7.32 Å². The maximum Gasteiger partial charge on any atom is 0.633 e. The molecular weight excluding hydrogens is 392 g/mol. The third-order valence-electron chi connectivity index (χ3n) is 4.37. The van der Waals surface area contributed by atoms with Crippen LogP contribution in [0.1, 0.15) is 20.8 Å². The molecule has 0 aromatic rings. The predicted molar refractivity (Wildman–Crippen MR) is 118 cm³/mol. The van der Waals surface area contributed by atoms with Crippen LogP contribution in [0.4, 0.5) is 0 Å². The average Bonchev–Trinajstić information content (AvgIpc) is 3.47. The Labute approximate surface area is 178 Å². The molecule has 0 amide bonds. The Kier molecular flexibility index (Phi) is 7.89. The highest BCUT2D eigenvalue weighted by Gasteiger charge is 2.43. The minimum absolute atomic E-state index is 0. The lowest BCUT2D eigenvalue weighted by atomic mass is 10.0.